The predicted octanol–water partition coefficient (Wildman–Crippen LogP) is -1.29. The third-order valence-electron chi connectivity index (χ3n) is 8.32. The number of aromatic nitrogens is 3. The predicted molar refractivity (Wildman–Crippen MR) is 148 cm³/mol. The molecule has 0 spiro atoms. The minimum absolute atomic E-state index is 0.251. The number of nitrogens with zero attached hydrogens (tertiary/aromatic N) is 6. The molecule has 3 saturated heterocycles. The summed E-state index contributed by atoms with van der Waals surface area (Å²) in [6.07, 6.45) is 6.86. The highest BCUT2D eigenvalue weighted by atomic mass is 16.3. The van der Waals surface area contributed by atoms with Gasteiger partial charge >= 0.3 is 17.1 Å². The summed E-state index contributed by atoms with van der Waals surface area (Å²) in [6, 6.07) is 0. The molecule has 4 heterocycles. The normalized spacial score (nSPS) is 22.5. The highest BCUT2D eigenvalue weighted by molar-refractivity contribution is 4.84. The van der Waals surface area contributed by atoms with E-state index in [1.165, 1.54) is 0 Å². The molecule has 3 fully saturated rings. The fraction of sp³-hybridized carbons (Fsp3) is 0.889. The van der Waals surface area contributed by atoms with Crippen LogP contribution in [-0.4, -0.2) is 121 Å². The topological polar surface area (TPSA) is 136 Å². The van der Waals surface area contributed by atoms with Crippen LogP contribution in [0.25, 0.3) is 0 Å². The minimum atomic E-state index is -0.968. The Morgan fingerprint density at radius 1 is 0.410 bits per heavy atom. The van der Waals surface area contributed by atoms with Gasteiger partial charge in [-0.1, -0.05) is 19.3 Å². The average molecular weight is 553 g/mol. The van der Waals surface area contributed by atoms with E-state index in [1.807, 2.05) is 0 Å². The van der Waals surface area contributed by atoms with Gasteiger partial charge < -0.3 is 30.0 Å². The third-order valence-corrected chi connectivity index (χ3v) is 8.32. The van der Waals surface area contributed by atoms with Gasteiger partial charge in [-0.25, -0.2) is 28.1 Å². The van der Waals surface area contributed by atoms with Crippen molar-refractivity contribution in [3.05, 3.63) is 31.5 Å². The van der Waals surface area contributed by atoms with Crippen LogP contribution < -0.4 is 17.1 Å². The summed E-state index contributed by atoms with van der Waals surface area (Å²) in [7, 11) is 0. The van der Waals surface area contributed by atoms with Gasteiger partial charge in [0.15, 0.2) is 0 Å². The molecule has 3 atom stereocenters. The molecule has 3 aliphatic rings. The van der Waals surface area contributed by atoms with Crippen LogP contribution in [0.2, 0.25) is 0 Å². The van der Waals surface area contributed by atoms with Crippen LogP contribution >= 0.6 is 0 Å². The van der Waals surface area contributed by atoms with E-state index in [9.17, 15) is 29.7 Å². The fourth-order valence-corrected chi connectivity index (χ4v) is 6.28. The zero-order valence-electron chi connectivity index (χ0n) is 23.3. The number of hydrogen-bond donors (Lipinski definition) is 3. The molecule has 0 unspecified atom stereocenters. The summed E-state index contributed by atoms with van der Waals surface area (Å²) in [4.78, 5) is 46.6. The zero-order valence-corrected chi connectivity index (χ0v) is 23.3. The molecule has 0 aliphatic carbocycles. The largest absolute Gasteiger partial charge is 0.390 e. The lowest BCUT2D eigenvalue weighted by atomic mass is 10.1. The molecule has 0 amide bonds. The molecule has 4 rings (SSSR count). The Kier molecular flexibility index (Phi) is 11.4. The van der Waals surface area contributed by atoms with Crippen LogP contribution in [0.15, 0.2) is 14.4 Å². The molecule has 3 aliphatic heterocycles. The number of rotatable bonds is 12. The SMILES string of the molecule is O=c1n(C[C@@H](O)CN2CCCCC2)c(=O)n(C[C@@H](O)CN2CCCCC2)c(=O)n1C[C@@H](O)CN1CCCCC1. The molecular formula is C27H48N6O6. The monoisotopic (exact) mass is 552 g/mol. The third kappa shape index (κ3) is 8.58. The van der Waals surface area contributed by atoms with Crippen LogP contribution in [0, 0.1) is 0 Å². The Hall–Kier alpha value is -1.83. The van der Waals surface area contributed by atoms with Gasteiger partial charge in [-0.05, 0) is 77.8 Å². The van der Waals surface area contributed by atoms with E-state index in [2.05, 4.69) is 14.7 Å². The quantitative estimate of drug-likeness (QED) is 0.289. The standard InChI is InChI=1S/C27H48N6O6/c34-22(16-28-10-4-1-5-11-28)19-31-25(37)32(20-23(35)17-29-12-6-2-7-13-29)27(39)33(26(31)38)21-24(36)18-30-14-8-3-9-15-30/h22-24,34-36H,1-21H2/t22-,23-,24-/m0/s1. The van der Waals surface area contributed by atoms with Crippen molar-refractivity contribution in [1.29, 1.82) is 0 Å². The van der Waals surface area contributed by atoms with Gasteiger partial charge in [0.1, 0.15) is 0 Å². The second kappa shape index (κ2) is 14.7. The van der Waals surface area contributed by atoms with Gasteiger partial charge in [0, 0.05) is 19.6 Å². The second-order valence-electron chi connectivity index (χ2n) is 11.7. The first-order chi connectivity index (χ1) is 18.8. The van der Waals surface area contributed by atoms with Gasteiger partial charge in [0.2, 0.25) is 0 Å². The molecule has 1 aromatic rings. The lowest BCUT2D eigenvalue weighted by Gasteiger charge is -2.30. The fourth-order valence-electron chi connectivity index (χ4n) is 6.28. The van der Waals surface area contributed by atoms with Crippen molar-refractivity contribution in [1.82, 2.24) is 28.4 Å². The van der Waals surface area contributed by atoms with E-state index in [4.69, 9.17) is 0 Å². The average Bonchev–Trinajstić information content (AvgIpc) is 2.93. The highest BCUT2D eigenvalue weighted by Crippen LogP contribution is 2.11. The van der Waals surface area contributed by atoms with E-state index in [0.29, 0.717) is 19.6 Å². The van der Waals surface area contributed by atoms with Gasteiger partial charge in [-0.3, -0.25) is 0 Å². The Morgan fingerprint density at radius 2 is 0.641 bits per heavy atom. The van der Waals surface area contributed by atoms with E-state index in [1.54, 1.807) is 0 Å². The summed E-state index contributed by atoms with van der Waals surface area (Å²) in [5.74, 6) is 0. The molecule has 0 aromatic carbocycles. The van der Waals surface area contributed by atoms with Crippen molar-refractivity contribution in [3.8, 4) is 0 Å². The summed E-state index contributed by atoms with van der Waals surface area (Å²) < 4.78 is 2.70. The van der Waals surface area contributed by atoms with Gasteiger partial charge in [-0.2, -0.15) is 0 Å². The van der Waals surface area contributed by atoms with Crippen molar-refractivity contribution in [2.24, 2.45) is 0 Å². The van der Waals surface area contributed by atoms with Crippen molar-refractivity contribution < 1.29 is 15.3 Å². The Balaban J connectivity index is 1.56. The number of piperidine rings is 3. The maximum Gasteiger partial charge on any atom is 0.336 e. The number of aliphatic hydroxyl groups excluding tert-OH is 3. The molecule has 12 heteroatoms. The van der Waals surface area contributed by atoms with Crippen LogP contribution in [0.3, 0.4) is 0 Å². The van der Waals surface area contributed by atoms with Crippen molar-refractivity contribution in [2.45, 2.75) is 95.7 Å². The maximum atomic E-state index is 13.4. The summed E-state index contributed by atoms with van der Waals surface area (Å²) in [6.45, 7) is 5.42. The molecule has 0 saturated carbocycles. The smallest absolute Gasteiger partial charge is 0.336 e. The molecule has 3 N–H and O–H groups in total. The molecule has 12 nitrogen and oxygen atoms in total. The van der Waals surface area contributed by atoms with E-state index >= 15 is 0 Å². The molecule has 0 bridgehead atoms. The van der Waals surface area contributed by atoms with Crippen molar-refractivity contribution >= 4 is 0 Å². The van der Waals surface area contributed by atoms with Crippen LogP contribution in [0.5, 0.6) is 0 Å². The Bertz CT molecular complexity index is 904. The van der Waals surface area contributed by atoms with E-state index in [-0.39, 0.29) is 19.6 Å². The van der Waals surface area contributed by atoms with Crippen LogP contribution in [0.4, 0.5) is 0 Å². The van der Waals surface area contributed by atoms with Gasteiger partial charge in [0.25, 0.3) is 0 Å². The van der Waals surface area contributed by atoms with Crippen molar-refractivity contribution in [3.63, 3.8) is 0 Å². The lowest BCUT2D eigenvalue weighted by molar-refractivity contribution is 0.0731. The zero-order chi connectivity index (χ0) is 27.8. The molecule has 39 heavy (non-hydrogen) atoms. The molecular weight excluding hydrogens is 504 g/mol. The van der Waals surface area contributed by atoms with E-state index in [0.717, 1.165) is 111 Å². The molecule has 1 aromatic heterocycles. The summed E-state index contributed by atoms with van der Waals surface area (Å²) in [5.41, 5.74) is -2.49. The summed E-state index contributed by atoms with van der Waals surface area (Å²) >= 11 is 0. The molecule has 0 radical (unpaired) electrons. The number of aliphatic hydroxyl groups is 3. The van der Waals surface area contributed by atoms with Gasteiger partial charge in [0.05, 0.1) is 37.9 Å². The maximum absolute atomic E-state index is 13.4. The number of hydrogen-bond acceptors (Lipinski definition) is 9. The first-order valence-electron chi connectivity index (χ1n) is 15.0. The number of likely N-dealkylation sites (tertiary alicyclic amines) is 3. The van der Waals surface area contributed by atoms with E-state index < -0.39 is 35.4 Å². The Labute approximate surface area is 230 Å². The summed E-state index contributed by atoms with van der Waals surface area (Å²) in [5, 5.41) is 32.4. The highest BCUT2D eigenvalue weighted by Gasteiger charge is 2.24. The number of β-amino-alcohol motifs (C(OH)–C–C–N with tert-alkyl or cyclic N) is 3. The minimum Gasteiger partial charge on any atom is -0.390 e. The second-order valence-corrected chi connectivity index (χ2v) is 11.7. The van der Waals surface area contributed by atoms with Crippen LogP contribution in [-0.2, 0) is 19.6 Å². The van der Waals surface area contributed by atoms with Crippen molar-refractivity contribution in [2.75, 3.05) is 58.9 Å². The molecule has 222 valence electrons. The Morgan fingerprint density at radius 3 is 0.872 bits per heavy atom. The first-order valence-corrected chi connectivity index (χ1v) is 15.0. The lowest BCUT2D eigenvalue weighted by Crippen LogP contribution is -2.58. The van der Waals surface area contributed by atoms with Gasteiger partial charge in [-0.15, -0.1) is 0 Å². The van der Waals surface area contributed by atoms with Crippen LogP contribution in [0.1, 0.15) is 57.8 Å². The first kappa shape index (κ1) is 30.1.